The first-order chi connectivity index (χ1) is 9.49. The van der Waals surface area contributed by atoms with Crippen molar-refractivity contribution in [2.24, 2.45) is 0 Å². The summed E-state index contributed by atoms with van der Waals surface area (Å²) in [6.45, 7) is 0. The second kappa shape index (κ2) is 5.66. The van der Waals surface area contributed by atoms with E-state index in [1.165, 1.54) is 0 Å². The smallest absolute Gasteiger partial charge is 0.491 e. The van der Waals surface area contributed by atoms with E-state index in [2.05, 4.69) is 19.2 Å². The maximum absolute atomic E-state index is 12.6. The highest BCUT2D eigenvalue weighted by atomic mass is 19.4. The average molecular weight is 319 g/mol. The van der Waals surface area contributed by atoms with Crippen LogP contribution in [0.1, 0.15) is 16.2 Å². The Hall–Kier alpha value is -2.20. The third kappa shape index (κ3) is 4.13. The number of hydrogen-bond acceptors (Lipinski definition) is 5. The van der Waals surface area contributed by atoms with Gasteiger partial charge in [0.25, 0.3) is 0 Å². The second-order valence-corrected chi connectivity index (χ2v) is 3.42. The number of pyridine rings is 1. The number of halogens is 6. The fourth-order valence-electron chi connectivity index (χ4n) is 1.29. The van der Waals surface area contributed by atoms with Crippen LogP contribution in [0.3, 0.4) is 0 Å². The van der Waals surface area contributed by atoms with Crippen LogP contribution in [0.15, 0.2) is 6.07 Å². The summed E-state index contributed by atoms with van der Waals surface area (Å²) >= 11 is 0. The molecule has 0 bridgehead atoms. The van der Waals surface area contributed by atoms with Crippen LogP contribution in [0.25, 0.3) is 0 Å². The van der Waals surface area contributed by atoms with E-state index in [0.29, 0.717) is 0 Å². The minimum absolute atomic E-state index is 0.0290. The molecule has 0 unspecified atom stereocenters. The van der Waals surface area contributed by atoms with Gasteiger partial charge in [-0.25, -0.2) is 9.78 Å². The van der Waals surface area contributed by atoms with Crippen LogP contribution in [0, 0.1) is 0 Å². The first-order valence-corrected chi connectivity index (χ1v) is 5.00. The predicted octanol–water partition coefficient (Wildman–Crippen LogP) is 2.79. The summed E-state index contributed by atoms with van der Waals surface area (Å²) in [6.07, 6.45) is -10.4. The van der Waals surface area contributed by atoms with E-state index in [4.69, 9.17) is 0 Å². The van der Waals surface area contributed by atoms with Crippen LogP contribution in [0.4, 0.5) is 26.3 Å². The zero-order valence-electron chi connectivity index (χ0n) is 10.4. The number of hydrogen-bond donors (Lipinski definition) is 0. The molecule has 1 rings (SSSR count). The van der Waals surface area contributed by atoms with Crippen molar-refractivity contribution in [1.29, 1.82) is 0 Å². The molecule has 0 saturated heterocycles. The number of alkyl halides is 6. The Bertz CT molecular complexity index is 540. The molecular formula is C10H7F6NO4. The quantitative estimate of drug-likeness (QED) is 0.633. The molecule has 0 aliphatic carbocycles. The van der Waals surface area contributed by atoms with Gasteiger partial charge in [-0.15, -0.1) is 13.2 Å². The van der Waals surface area contributed by atoms with Gasteiger partial charge in [0.05, 0.1) is 14.2 Å². The maximum Gasteiger partial charge on any atom is 0.573 e. The maximum atomic E-state index is 12.6. The third-order valence-electron chi connectivity index (χ3n) is 2.04. The first kappa shape index (κ1) is 16.9. The van der Waals surface area contributed by atoms with Gasteiger partial charge in [-0.3, -0.25) is 0 Å². The number of esters is 1. The molecule has 5 nitrogen and oxygen atoms in total. The minimum atomic E-state index is -5.29. The third-order valence-corrected chi connectivity index (χ3v) is 2.04. The number of nitrogens with zero attached hydrogens (tertiary/aromatic N) is 1. The van der Waals surface area contributed by atoms with Crippen LogP contribution in [0.5, 0.6) is 11.5 Å². The molecule has 0 saturated carbocycles. The van der Waals surface area contributed by atoms with Crippen molar-refractivity contribution in [1.82, 2.24) is 4.98 Å². The van der Waals surface area contributed by atoms with E-state index in [9.17, 15) is 31.1 Å². The fraction of sp³-hybridized carbons (Fsp3) is 0.400. The van der Waals surface area contributed by atoms with E-state index in [0.717, 1.165) is 14.2 Å². The summed E-state index contributed by atoms with van der Waals surface area (Å²) in [5.41, 5.74) is -2.85. The second-order valence-electron chi connectivity index (χ2n) is 3.42. The van der Waals surface area contributed by atoms with Gasteiger partial charge in [-0.05, 0) is 0 Å². The van der Waals surface area contributed by atoms with Gasteiger partial charge in [-0.1, -0.05) is 0 Å². The first-order valence-electron chi connectivity index (χ1n) is 5.00. The van der Waals surface area contributed by atoms with Crippen molar-refractivity contribution < 1.29 is 45.3 Å². The Morgan fingerprint density at radius 1 is 1.14 bits per heavy atom. The van der Waals surface area contributed by atoms with Crippen molar-refractivity contribution in [3.63, 3.8) is 0 Å². The number of rotatable bonds is 3. The lowest BCUT2D eigenvalue weighted by molar-refractivity contribution is -0.275. The lowest BCUT2D eigenvalue weighted by Crippen LogP contribution is -2.21. The molecule has 0 amide bonds. The highest BCUT2D eigenvalue weighted by Gasteiger charge is 2.39. The topological polar surface area (TPSA) is 57.7 Å². The Morgan fingerprint density at radius 2 is 1.71 bits per heavy atom. The van der Waals surface area contributed by atoms with Crippen LogP contribution < -0.4 is 9.47 Å². The Kier molecular flexibility index (Phi) is 4.54. The average Bonchev–Trinajstić information content (AvgIpc) is 2.33. The van der Waals surface area contributed by atoms with Crippen molar-refractivity contribution in [3.05, 3.63) is 17.5 Å². The molecule has 1 aromatic heterocycles. The Balaban J connectivity index is 3.56. The monoisotopic (exact) mass is 319 g/mol. The molecule has 21 heavy (non-hydrogen) atoms. The molecule has 0 spiro atoms. The highest BCUT2D eigenvalue weighted by molar-refractivity contribution is 5.91. The lowest BCUT2D eigenvalue weighted by Gasteiger charge is -2.16. The molecular weight excluding hydrogens is 312 g/mol. The molecule has 0 fully saturated rings. The van der Waals surface area contributed by atoms with E-state index in [1.54, 1.807) is 0 Å². The molecule has 0 atom stereocenters. The number of ether oxygens (including phenoxy) is 3. The van der Waals surface area contributed by atoms with Gasteiger partial charge in [0.1, 0.15) is 5.69 Å². The lowest BCUT2D eigenvalue weighted by atomic mass is 10.2. The van der Waals surface area contributed by atoms with Crippen LogP contribution in [-0.4, -0.2) is 31.5 Å². The van der Waals surface area contributed by atoms with Gasteiger partial charge in [0, 0.05) is 6.07 Å². The zero-order valence-corrected chi connectivity index (χ0v) is 10.4. The van der Waals surface area contributed by atoms with Crippen molar-refractivity contribution >= 4 is 5.97 Å². The van der Waals surface area contributed by atoms with E-state index in [1.807, 2.05) is 0 Å². The SMILES string of the molecule is COC(=O)c1nc(C(F)(F)F)cc(OC(F)(F)F)c1OC. The van der Waals surface area contributed by atoms with Gasteiger partial charge >= 0.3 is 18.5 Å². The largest absolute Gasteiger partial charge is 0.573 e. The highest BCUT2D eigenvalue weighted by Crippen LogP contribution is 2.39. The summed E-state index contributed by atoms with van der Waals surface area (Å²) in [6, 6.07) is -0.0290. The summed E-state index contributed by atoms with van der Waals surface area (Å²) in [5, 5.41) is 0. The van der Waals surface area contributed by atoms with Gasteiger partial charge < -0.3 is 14.2 Å². The predicted molar refractivity (Wildman–Crippen MR) is 53.8 cm³/mol. The number of methoxy groups -OCH3 is 2. The fourth-order valence-corrected chi connectivity index (χ4v) is 1.29. The van der Waals surface area contributed by atoms with Gasteiger partial charge in [0.2, 0.25) is 0 Å². The zero-order chi connectivity index (χ0) is 16.4. The molecule has 0 radical (unpaired) electrons. The Labute approximate surface area is 113 Å². The summed E-state index contributed by atoms with van der Waals surface area (Å²) < 4.78 is 86.4. The number of carbonyl (C=O) groups is 1. The van der Waals surface area contributed by atoms with Crippen molar-refractivity contribution in [3.8, 4) is 11.5 Å². The summed E-state index contributed by atoms with van der Waals surface area (Å²) in [4.78, 5) is 14.2. The molecule has 0 N–H and O–H groups in total. The van der Waals surface area contributed by atoms with E-state index in [-0.39, 0.29) is 6.07 Å². The van der Waals surface area contributed by atoms with Crippen LogP contribution in [0.2, 0.25) is 0 Å². The van der Waals surface area contributed by atoms with E-state index >= 15 is 0 Å². The number of aromatic nitrogens is 1. The molecule has 118 valence electrons. The van der Waals surface area contributed by atoms with E-state index < -0.39 is 41.4 Å². The van der Waals surface area contributed by atoms with Gasteiger partial charge in [0.15, 0.2) is 17.2 Å². The standard InChI is InChI=1S/C10H7F6NO4/c1-19-7-4(21-10(14,15)16)3-5(9(11,12)13)17-6(7)8(18)20-2/h3H,1-2H3. The van der Waals surface area contributed by atoms with Crippen LogP contribution >= 0.6 is 0 Å². The molecule has 1 aromatic rings. The van der Waals surface area contributed by atoms with Crippen molar-refractivity contribution in [2.45, 2.75) is 12.5 Å². The normalized spacial score (nSPS) is 12.0. The molecule has 0 aromatic carbocycles. The summed E-state index contributed by atoms with van der Waals surface area (Å²) in [7, 11) is 1.65. The molecule has 11 heteroatoms. The van der Waals surface area contributed by atoms with Crippen molar-refractivity contribution in [2.75, 3.05) is 14.2 Å². The van der Waals surface area contributed by atoms with Gasteiger partial charge in [-0.2, -0.15) is 13.2 Å². The van der Waals surface area contributed by atoms with Crippen LogP contribution in [-0.2, 0) is 10.9 Å². The molecule has 0 aliphatic rings. The molecule has 0 aliphatic heterocycles. The minimum Gasteiger partial charge on any atom is -0.491 e. The Morgan fingerprint density at radius 3 is 2.10 bits per heavy atom. The molecule has 1 heterocycles. The number of carbonyl (C=O) groups excluding carboxylic acids is 1. The summed E-state index contributed by atoms with van der Waals surface area (Å²) in [5.74, 6) is -3.69.